The number of aromatic carboxylic acids is 1. The van der Waals surface area contributed by atoms with Crippen molar-refractivity contribution >= 4 is 34.2 Å². The number of amides is 2. The topological polar surface area (TPSA) is 82.5 Å². The lowest BCUT2D eigenvalue weighted by Crippen LogP contribution is -2.33. The Kier molecular flexibility index (Phi) is 3.11. The highest BCUT2D eigenvalue weighted by Gasteiger charge is 2.26. The molecule has 1 aromatic heterocycles. The van der Waals surface area contributed by atoms with Gasteiger partial charge < -0.3 is 5.11 Å². The van der Waals surface area contributed by atoms with Crippen molar-refractivity contribution in [2.45, 2.75) is 6.42 Å². The second-order valence-electron chi connectivity index (χ2n) is 4.32. The molecule has 102 valence electrons. The lowest BCUT2D eigenvalue weighted by atomic mass is 10.1. The molecule has 1 aliphatic heterocycles. The summed E-state index contributed by atoms with van der Waals surface area (Å²) in [5.74, 6) is -1.00. The molecule has 0 saturated carbocycles. The van der Waals surface area contributed by atoms with E-state index in [2.05, 4.69) is 10.3 Å². The van der Waals surface area contributed by atoms with Crippen molar-refractivity contribution in [3.05, 3.63) is 40.9 Å². The van der Waals surface area contributed by atoms with Crippen molar-refractivity contribution in [3.63, 3.8) is 0 Å². The van der Waals surface area contributed by atoms with Crippen LogP contribution in [0.2, 0.25) is 0 Å². The SMILES string of the molecule is O=C(O)c1ccc2c(c1)N(C(=O)Nc1nccs1)CC2. The molecule has 0 saturated heterocycles. The Morgan fingerprint density at radius 3 is 2.95 bits per heavy atom. The normalized spacial score (nSPS) is 13.1. The van der Waals surface area contributed by atoms with E-state index < -0.39 is 5.97 Å². The van der Waals surface area contributed by atoms with Crippen LogP contribution in [0.25, 0.3) is 0 Å². The monoisotopic (exact) mass is 289 g/mol. The van der Waals surface area contributed by atoms with E-state index in [1.165, 1.54) is 17.4 Å². The van der Waals surface area contributed by atoms with Crippen LogP contribution in [-0.4, -0.2) is 28.6 Å². The maximum Gasteiger partial charge on any atom is 0.335 e. The first-order chi connectivity index (χ1) is 9.65. The van der Waals surface area contributed by atoms with Crippen molar-refractivity contribution in [1.82, 2.24) is 4.98 Å². The number of carboxylic acid groups (broad SMARTS) is 1. The Hall–Kier alpha value is -2.41. The number of fused-ring (bicyclic) bond motifs is 1. The maximum absolute atomic E-state index is 12.2. The predicted molar refractivity (Wildman–Crippen MR) is 75.6 cm³/mol. The molecule has 0 aliphatic carbocycles. The molecule has 2 N–H and O–H groups in total. The second kappa shape index (κ2) is 4.93. The molecule has 2 heterocycles. The third-order valence-corrected chi connectivity index (χ3v) is 3.81. The number of benzene rings is 1. The maximum atomic E-state index is 12.2. The van der Waals surface area contributed by atoms with Crippen LogP contribution in [0.15, 0.2) is 29.8 Å². The summed E-state index contributed by atoms with van der Waals surface area (Å²) < 4.78 is 0. The van der Waals surface area contributed by atoms with Gasteiger partial charge >= 0.3 is 12.0 Å². The fraction of sp³-hybridized carbons (Fsp3) is 0.154. The molecule has 0 bridgehead atoms. The smallest absolute Gasteiger partial charge is 0.335 e. The number of nitrogens with zero attached hydrogens (tertiary/aromatic N) is 2. The molecule has 0 radical (unpaired) electrons. The van der Waals surface area contributed by atoms with Gasteiger partial charge in [-0.25, -0.2) is 14.6 Å². The van der Waals surface area contributed by atoms with Gasteiger partial charge in [-0.15, -0.1) is 11.3 Å². The fourth-order valence-corrected chi connectivity index (χ4v) is 2.69. The van der Waals surface area contributed by atoms with Crippen molar-refractivity contribution in [2.24, 2.45) is 0 Å². The fourth-order valence-electron chi connectivity index (χ4n) is 2.17. The third kappa shape index (κ3) is 2.23. The molecule has 0 atom stereocenters. The molecule has 1 aromatic carbocycles. The average Bonchev–Trinajstić information content (AvgIpc) is 3.06. The van der Waals surface area contributed by atoms with E-state index in [9.17, 15) is 9.59 Å². The number of aromatic nitrogens is 1. The predicted octanol–water partition coefficient (Wildman–Crippen LogP) is 2.44. The minimum absolute atomic E-state index is 0.178. The zero-order chi connectivity index (χ0) is 14.1. The molecule has 1 aliphatic rings. The minimum Gasteiger partial charge on any atom is -0.478 e. The molecule has 0 spiro atoms. The number of nitrogens with one attached hydrogen (secondary N) is 1. The number of carbonyl (C=O) groups is 2. The van der Waals surface area contributed by atoms with Crippen molar-refractivity contribution in [3.8, 4) is 0 Å². The summed E-state index contributed by atoms with van der Waals surface area (Å²) in [4.78, 5) is 28.7. The van der Waals surface area contributed by atoms with E-state index in [1.54, 1.807) is 28.6 Å². The summed E-state index contributed by atoms with van der Waals surface area (Å²) in [6.45, 7) is 0.537. The van der Waals surface area contributed by atoms with Crippen molar-refractivity contribution in [1.29, 1.82) is 0 Å². The van der Waals surface area contributed by atoms with Crippen LogP contribution in [0, 0.1) is 0 Å². The lowest BCUT2D eigenvalue weighted by molar-refractivity contribution is 0.0697. The van der Waals surface area contributed by atoms with Crippen LogP contribution in [0.1, 0.15) is 15.9 Å². The Morgan fingerprint density at radius 2 is 2.25 bits per heavy atom. The van der Waals surface area contributed by atoms with Crippen molar-refractivity contribution in [2.75, 3.05) is 16.8 Å². The van der Waals surface area contributed by atoms with Gasteiger partial charge in [0.05, 0.1) is 5.56 Å². The van der Waals surface area contributed by atoms with Gasteiger partial charge in [0.15, 0.2) is 5.13 Å². The van der Waals surface area contributed by atoms with Crippen LogP contribution >= 0.6 is 11.3 Å². The molecule has 0 unspecified atom stereocenters. The van der Waals surface area contributed by atoms with E-state index in [0.29, 0.717) is 17.4 Å². The molecule has 20 heavy (non-hydrogen) atoms. The number of carboxylic acids is 1. The average molecular weight is 289 g/mol. The van der Waals surface area contributed by atoms with Gasteiger partial charge in [-0.1, -0.05) is 6.07 Å². The molecule has 6 nitrogen and oxygen atoms in total. The number of carbonyl (C=O) groups excluding carboxylic acids is 1. The van der Waals surface area contributed by atoms with Gasteiger partial charge in [0.1, 0.15) is 0 Å². The highest BCUT2D eigenvalue weighted by molar-refractivity contribution is 7.13. The van der Waals surface area contributed by atoms with Gasteiger partial charge in [-0.05, 0) is 24.1 Å². The van der Waals surface area contributed by atoms with Crippen molar-refractivity contribution < 1.29 is 14.7 Å². The second-order valence-corrected chi connectivity index (χ2v) is 5.21. The molecular weight excluding hydrogens is 278 g/mol. The number of hydrogen-bond acceptors (Lipinski definition) is 4. The Bertz CT molecular complexity index is 670. The molecule has 3 rings (SSSR count). The zero-order valence-electron chi connectivity index (χ0n) is 10.4. The van der Waals surface area contributed by atoms with E-state index >= 15 is 0 Å². The zero-order valence-corrected chi connectivity index (χ0v) is 11.2. The number of urea groups is 1. The summed E-state index contributed by atoms with van der Waals surface area (Å²) in [5, 5.41) is 14.0. The Morgan fingerprint density at radius 1 is 1.40 bits per heavy atom. The van der Waals surface area contributed by atoms with Gasteiger partial charge in [-0.2, -0.15) is 0 Å². The highest BCUT2D eigenvalue weighted by atomic mass is 32.1. The molecule has 7 heteroatoms. The number of thiazole rings is 1. The minimum atomic E-state index is -1.00. The van der Waals surface area contributed by atoms with Crippen LogP contribution in [-0.2, 0) is 6.42 Å². The highest BCUT2D eigenvalue weighted by Crippen LogP contribution is 2.29. The van der Waals surface area contributed by atoms with Crippen LogP contribution < -0.4 is 10.2 Å². The summed E-state index contributed by atoms with van der Waals surface area (Å²) in [5.41, 5.74) is 1.81. The van der Waals surface area contributed by atoms with Crippen LogP contribution in [0.5, 0.6) is 0 Å². The first-order valence-corrected chi connectivity index (χ1v) is 6.87. The quantitative estimate of drug-likeness (QED) is 0.889. The Labute approximate surface area is 118 Å². The summed E-state index contributed by atoms with van der Waals surface area (Å²) in [6.07, 6.45) is 2.33. The van der Waals surface area contributed by atoms with Crippen LogP contribution in [0.3, 0.4) is 0 Å². The number of rotatable bonds is 2. The number of hydrogen-bond donors (Lipinski definition) is 2. The van der Waals surface area contributed by atoms with Gasteiger partial charge in [0.25, 0.3) is 0 Å². The Balaban J connectivity index is 1.86. The van der Waals surface area contributed by atoms with Gasteiger partial charge in [-0.3, -0.25) is 10.2 Å². The lowest BCUT2D eigenvalue weighted by Gasteiger charge is -2.17. The van der Waals surface area contributed by atoms with Gasteiger partial charge in [0.2, 0.25) is 0 Å². The first kappa shape index (κ1) is 12.6. The van der Waals surface area contributed by atoms with E-state index in [1.807, 2.05) is 0 Å². The summed E-state index contributed by atoms with van der Waals surface area (Å²) >= 11 is 1.34. The molecular formula is C13H11N3O3S. The van der Waals surface area contributed by atoms with E-state index in [4.69, 9.17) is 5.11 Å². The largest absolute Gasteiger partial charge is 0.478 e. The van der Waals surface area contributed by atoms with Crippen LogP contribution in [0.4, 0.5) is 15.6 Å². The molecule has 0 fully saturated rings. The molecule has 2 aromatic rings. The van der Waals surface area contributed by atoms with E-state index in [-0.39, 0.29) is 11.6 Å². The third-order valence-electron chi connectivity index (χ3n) is 3.12. The summed E-state index contributed by atoms with van der Waals surface area (Å²) in [7, 11) is 0. The summed E-state index contributed by atoms with van der Waals surface area (Å²) in [6, 6.07) is 4.56. The van der Waals surface area contributed by atoms with E-state index in [0.717, 1.165) is 12.0 Å². The molecule has 2 amide bonds. The number of anilines is 2. The van der Waals surface area contributed by atoms with Gasteiger partial charge in [0, 0.05) is 23.8 Å². The first-order valence-electron chi connectivity index (χ1n) is 5.99. The standard InChI is InChI=1S/C13H11N3O3S/c17-11(18)9-2-1-8-3-5-16(10(8)7-9)13(19)15-12-14-4-6-20-12/h1-2,4,6-7H,3,5H2,(H,17,18)(H,14,15,19).